The average Bonchev–Trinajstić information content (AvgIpc) is 2.47. The van der Waals surface area contributed by atoms with Gasteiger partial charge in [0.15, 0.2) is 0 Å². The Morgan fingerprint density at radius 2 is 1.77 bits per heavy atom. The number of ether oxygens (including phenoxy) is 1. The van der Waals surface area contributed by atoms with Crippen LogP contribution in [0.2, 0.25) is 0 Å². The molecule has 0 unspecified atom stereocenters. The maximum atomic E-state index is 12.1. The summed E-state index contributed by atoms with van der Waals surface area (Å²) in [4.78, 5) is 11.9. The normalized spacial score (nSPS) is 10.4. The van der Waals surface area contributed by atoms with Crippen molar-refractivity contribution in [2.75, 3.05) is 10.6 Å². The summed E-state index contributed by atoms with van der Waals surface area (Å²) in [6.07, 6.45) is 0.920. The second-order valence-corrected chi connectivity index (χ2v) is 4.54. The highest BCUT2D eigenvalue weighted by Crippen LogP contribution is 2.19. The Labute approximate surface area is 127 Å². The van der Waals surface area contributed by atoms with Crippen LogP contribution in [0.15, 0.2) is 48.5 Å². The Morgan fingerprint density at radius 1 is 1.09 bits per heavy atom. The molecular formula is C16H16F2N2O2. The Bertz CT molecular complexity index is 630. The van der Waals surface area contributed by atoms with Gasteiger partial charge in [-0.1, -0.05) is 25.1 Å². The van der Waals surface area contributed by atoms with Gasteiger partial charge in [0.05, 0.1) is 0 Å². The topological polar surface area (TPSA) is 50.4 Å². The number of rotatable bonds is 5. The number of carbonyl (C=O) groups excluding carboxylic acids is 1. The highest BCUT2D eigenvalue weighted by molar-refractivity contribution is 5.99. The molecule has 2 aromatic rings. The van der Waals surface area contributed by atoms with Crippen molar-refractivity contribution in [3.63, 3.8) is 0 Å². The van der Waals surface area contributed by atoms with Crippen LogP contribution in [0.25, 0.3) is 0 Å². The molecule has 2 amide bonds. The van der Waals surface area contributed by atoms with E-state index in [0.717, 1.165) is 6.42 Å². The van der Waals surface area contributed by atoms with Crippen LogP contribution >= 0.6 is 0 Å². The lowest BCUT2D eigenvalue weighted by Gasteiger charge is -2.10. The zero-order valence-corrected chi connectivity index (χ0v) is 12.0. The minimum absolute atomic E-state index is 0.0138. The standard InChI is InChI=1S/C16H16F2N2O2/c1-2-11-6-8-12(9-7-11)19-16(21)20-13-4-3-5-14(10-13)22-15(17)18/h3-10,15H,2H2,1H3,(H2,19,20,21). The Hall–Kier alpha value is -2.63. The van der Waals surface area contributed by atoms with Gasteiger partial charge >= 0.3 is 12.6 Å². The van der Waals surface area contributed by atoms with Crippen molar-refractivity contribution in [1.82, 2.24) is 0 Å². The fraction of sp³-hybridized carbons (Fsp3) is 0.188. The largest absolute Gasteiger partial charge is 0.435 e. The van der Waals surface area contributed by atoms with E-state index in [4.69, 9.17) is 0 Å². The number of amides is 2. The van der Waals surface area contributed by atoms with Crippen molar-refractivity contribution >= 4 is 17.4 Å². The predicted molar refractivity (Wildman–Crippen MR) is 81.5 cm³/mol. The van der Waals surface area contributed by atoms with Gasteiger partial charge in [-0.05, 0) is 36.2 Å². The molecule has 0 saturated heterocycles. The maximum Gasteiger partial charge on any atom is 0.387 e. The molecule has 116 valence electrons. The molecule has 4 nitrogen and oxygen atoms in total. The lowest BCUT2D eigenvalue weighted by Crippen LogP contribution is -2.19. The van der Waals surface area contributed by atoms with Gasteiger partial charge in [0.2, 0.25) is 0 Å². The van der Waals surface area contributed by atoms with E-state index in [2.05, 4.69) is 15.4 Å². The Kier molecular flexibility index (Phi) is 5.30. The van der Waals surface area contributed by atoms with Crippen LogP contribution < -0.4 is 15.4 Å². The molecule has 0 fully saturated rings. The summed E-state index contributed by atoms with van der Waals surface area (Å²) >= 11 is 0. The molecule has 0 spiro atoms. The molecule has 2 aromatic carbocycles. The fourth-order valence-electron chi connectivity index (χ4n) is 1.87. The summed E-state index contributed by atoms with van der Waals surface area (Å²) in [5.41, 5.74) is 2.18. The Morgan fingerprint density at radius 3 is 2.41 bits per heavy atom. The SMILES string of the molecule is CCc1ccc(NC(=O)Nc2cccc(OC(F)F)c2)cc1. The van der Waals surface area contributed by atoms with Gasteiger partial charge in [0.1, 0.15) is 5.75 Å². The van der Waals surface area contributed by atoms with Crippen molar-refractivity contribution in [3.8, 4) is 5.75 Å². The van der Waals surface area contributed by atoms with Crippen molar-refractivity contribution in [2.24, 2.45) is 0 Å². The van der Waals surface area contributed by atoms with Gasteiger partial charge in [-0.15, -0.1) is 0 Å². The van der Waals surface area contributed by atoms with E-state index in [-0.39, 0.29) is 5.75 Å². The predicted octanol–water partition coefficient (Wildman–Crippen LogP) is 4.49. The lowest BCUT2D eigenvalue weighted by atomic mass is 10.1. The molecule has 0 atom stereocenters. The van der Waals surface area contributed by atoms with Gasteiger partial charge in [-0.25, -0.2) is 4.79 Å². The number of aryl methyl sites for hydroxylation is 1. The van der Waals surface area contributed by atoms with Crippen LogP contribution in [-0.4, -0.2) is 12.6 Å². The van der Waals surface area contributed by atoms with Crippen LogP contribution in [0.3, 0.4) is 0 Å². The summed E-state index contributed by atoms with van der Waals surface area (Å²) in [6, 6.07) is 12.8. The molecule has 0 heterocycles. The third-order valence-electron chi connectivity index (χ3n) is 2.94. The smallest absolute Gasteiger partial charge is 0.387 e. The number of halogens is 2. The van der Waals surface area contributed by atoms with Gasteiger partial charge < -0.3 is 15.4 Å². The molecule has 2 rings (SSSR count). The van der Waals surface area contributed by atoms with Gasteiger partial charge in [0.25, 0.3) is 0 Å². The molecule has 2 N–H and O–H groups in total. The first-order valence-corrected chi connectivity index (χ1v) is 6.78. The Balaban J connectivity index is 1.96. The van der Waals surface area contributed by atoms with Crippen molar-refractivity contribution in [1.29, 1.82) is 0 Å². The van der Waals surface area contributed by atoms with Crippen LogP contribution in [0.4, 0.5) is 25.0 Å². The van der Waals surface area contributed by atoms with E-state index < -0.39 is 12.6 Å². The number of hydrogen-bond donors (Lipinski definition) is 2. The van der Waals surface area contributed by atoms with Crippen molar-refractivity contribution in [2.45, 2.75) is 20.0 Å². The van der Waals surface area contributed by atoms with Gasteiger partial charge in [-0.2, -0.15) is 8.78 Å². The number of anilines is 2. The van der Waals surface area contributed by atoms with Crippen molar-refractivity contribution < 1.29 is 18.3 Å². The first-order valence-electron chi connectivity index (χ1n) is 6.78. The molecule has 0 aliphatic carbocycles. The number of alkyl halides is 2. The summed E-state index contributed by atoms with van der Waals surface area (Å²) in [5.74, 6) is -0.0138. The van der Waals surface area contributed by atoms with E-state index in [0.29, 0.717) is 11.4 Å². The first-order chi connectivity index (χ1) is 10.6. The fourth-order valence-corrected chi connectivity index (χ4v) is 1.87. The molecule has 0 bridgehead atoms. The van der Waals surface area contributed by atoms with Crippen molar-refractivity contribution in [3.05, 3.63) is 54.1 Å². The summed E-state index contributed by atoms with van der Waals surface area (Å²) in [5, 5.41) is 5.22. The molecular weight excluding hydrogens is 290 g/mol. The van der Waals surface area contributed by atoms with Gasteiger partial charge in [-0.3, -0.25) is 0 Å². The van der Waals surface area contributed by atoms with Crippen LogP contribution in [0.5, 0.6) is 5.75 Å². The summed E-state index contributed by atoms with van der Waals surface area (Å²) in [6.45, 7) is -0.856. The lowest BCUT2D eigenvalue weighted by molar-refractivity contribution is -0.0497. The minimum Gasteiger partial charge on any atom is -0.435 e. The quantitative estimate of drug-likeness (QED) is 0.855. The van der Waals surface area contributed by atoms with E-state index in [1.165, 1.54) is 23.8 Å². The van der Waals surface area contributed by atoms with Gasteiger partial charge in [0, 0.05) is 17.4 Å². The van der Waals surface area contributed by atoms with Crippen LogP contribution in [0, 0.1) is 0 Å². The number of hydrogen-bond acceptors (Lipinski definition) is 2. The molecule has 22 heavy (non-hydrogen) atoms. The monoisotopic (exact) mass is 306 g/mol. The number of carbonyl (C=O) groups is 1. The van der Waals surface area contributed by atoms with E-state index >= 15 is 0 Å². The summed E-state index contributed by atoms with van der Waals surface area (Å²) in [7, 11) is 0. The highest BCUT2D eigenvalue weighted by Gasteiger charge is 2.07. The number of nitrogens with one attached hydrogen (secondary N) is 2. The van der Waals surface area contributed by atoms with E-state index in [1.807, 2.05) is 19.1 Å². The molecule has 0 saturated carbocycles. The highest BCUT2D eigenvalue weighted by atomic mass is 19.3. The number of urea groups is 1. The number of benzene rings is 2. The minimum atomic E-state index is -2.90. The molecule has 0 aromatic heterocycles. The molecule has 0 aliphatic heterocycles. The third-order valence-corrected chi connectivity index (χ3v) is 2.94. The van der Waals surface area contributed by atoms with Crippen LogP contribution in [0.1, 0.15) is 12.5 Å². The maximum absolute atomic E-state index is 12.1. The van der Waals surface area contributed by atoms with E-state index in [1.54, 1.807) is 18.2 Å². The second-order valence-electron chi connectivity index (χ2n) is 4.54. The summed E-state index contributed by atoms with van der Waals surface area (Å²) < 4.78 is 28.6. The zero-order chi connectivity index (χ0) is 15.9. The second kappa shape index (κ2) is 7.40. The third kappa shape index (κ3) is 4.73. The molecule has 0 aliphatic rings. The van der Waals surface area contributed by atoms with E-state index in [9.17, 15) is 13.6 Å². The van der Waals surface area contributed by atoms with Crippen LogP contribution in [-0.2, 0) is 6.42 Å². The molecule has 0 radical (unpaired) electrons. The average molecular weight is 306 g/mol. The zero-order valence-electron chi connectivity index (χ0n) is 12.0. The molecule has 6 heteroatoms. The first kappa shape index (κ1) is 15.8.